The number of aryl methyl sites for hydroxylation is 1. The number of nitrogens with one attached hydrogen (secondary N) is 1. The van der Waals surface area contributed by atoms with Crippen LogP contribution in [0.2, 0.25) is 10.0 Å². The zero-order chi connectivity index (χ0) is 13.1. The molecular weight excluding hydrogens is 269 g/mol. The molecule has 0 aliphatic heterocycles. The third kappa shape index (κ3) is 3.03. The van der Waals surface area contributed by atoms with Gasteiger partial charge in [-0.25, -0.2) is 0 Å². The second kappa shape index (κ2) is 5.42. The van der Waals surface area contributed by atoms with Gasteiger partial charge in [-0.05, 0) is 37.3 Å². The van der Waals surface area contributed by atoms with Gasteiger partial charge in [0, 0.05) is 11.3 Å². The van der Waals surface area contributed by atoms with Crippen LogP contribution in [-0.2, 0) is 0 Å². The van der Waals surface area contributed by atoms with Crippen LogP contribution in [0.15, 0.2) is 42.5 Å². The summed E-state index contributed by atoms with van der Waals surface area (Å²) in [6, 6.07) is 12.3. The molecule has 0 atom stereocenters. The SMILES string of the molecule is Cc1ccc(C(=O)Nc2ccc(Cl)c(Cl)c2)cc1. The Kier molecular flexibility index (Phi) is 3.90. The van der Waals surface area contributed by atoms with Crippen LogP contribution in [0.3, 0.4) is 0 Å². The molecule has 0 saturated carbocycles. The summed E-state index contributed by atoms with van der Waals surface area (Å²) in [6.45, 7) is 1.97. The molecule has 0 aliphatic rings. The first-order valence-electron chi connectivity index (χ1n) is 5.39. The molecule has 4 heteroatoms. The molecule has 0 heterocycles. The summed E-state index contributed by atoms with van der Waals surface area (Å²) >= 11 is 11.7. The number of carbonyl (C=O) groups excluding carboxylic acids is 1. The van der Waals surface area contributed by atoms with E-state index in [4.69, 9.17) is 23.2 Å². The zero-order valence-corrected chi connectivity index (χ0v) is 11.2. The van der Waals surface area contributed by atoms with Crippen LogP contribution in [0.1, 0.15) is 15.9 Å². The molecule has 2 aromatic carbocycles. The van der Waals surface area contributed by atoms with Crippen LogP contribution >= 0.6 is 23.2 Å². The molecule has 18 heavy (non-hydrogen) atoms. The van der Waals surface area contributed by atoms with Crippen LogP contribution in [0.25, 0.3) is 0 Å². The largest absolute Gasteiger partial charge is 0.322 e. The normalized spacial score (nSPS) is 10.2. The summed E-state index contributed by atoms with van der Waals surface area (Å²) in [6.07, 6.45) is 0. The Labute approximate surface area is 116 Å². The van der Waals surface area contributed by atoms with E-state index in [9.17, 15) is 4.79 Å². The molecule has 1 amide bonds. The molecule has 0 aromatic heterocycles. The van der Waals surface area contributed by atoms with Crippen molar-refractivity contribution in [2.24, 2.45) is 0 Å². The van der Waals surface area contributed by atoms with Gasteiger partial charge in [0.25, 0.3) is 5.91 Å². The molecule has 0 spiro atoms. The number of halogens is 2. The highest BCUT2D eigenvalue weighted by molar-refractivity contribution is 6.42. The van der Waals surface area contributed by atoms with Gasteiger partial charge in [-0.15, -0.1) is 0 Å². The highest BCUT2D eigenvalue weighted by Crippen LogP contribution is 2.25. The van der Waals surface area contributed by atoms with E-state index in [2.05, 4.69) is 5.32 Å². The van der Waals surface area contributed by atoms with Gasteiger partial charge >= 0.3 is 0 Å². The predicted octanol–water partition coefficient (Wildman–Crippen LogP) is 4.55. The van der Waals surface area contributed by atoms with Crippen molar-refractivity contribution in [1.29, 1.82) is 0 Å². The molecule has 0 unspecified atom stereocenters. The average Bonchev–Trinajstić information content (AvgIpc) is 2.34. The Bertz CT molecular complexity index is 579. The minimum absolute atomic E-state index is 0.173. The van der Waals surface area contributed by atoms with Gasteiger partial charge in [-0.3, -0.25) is 4.79 Å². The number of hydrogen-bond acceptors (Lipinski definition) is 1. The lowest BCUT2D eigenvalue weighted by Gasteiger charge is -2.06. The summed E-state index contributed by atoms with van der Waals surface area (Å²) < 4.78 is 0. The Hall–Kier alpha value is -1.51. The maximum atomic E-state index is 11.9. The number of benzene rings is 2. The van der Waals surface area contributed by atoms with Crippen LogP contribution in [0.4, 0.5) is 5.69 Å². The van der Waals surface area contributed by atoms with Crippen molar-refractivity contribution in [3.8, 4) is 0 Å². The molecule has 0 aliphatic carbocycles. The van der Waals surface area contributed by atoms with Crippen molar-refractivity contribution in [1.82, 2.24) is 0 Å². The fourth-order valence-corrected chi connectivity index (χ4v) is 1.78. The summed E-state index contributed by atoms with van der Waals surface area (Å²) in [7, 11) is 0. The second-order valence-corrected chi connectivity index (χ2v) is 4.76. The molecule has 2 nitrogen and oxygen atoms in total. The predicted molar refractivity (Wildman–Crippen MR) is 75.6 cm³/mol. The van der Waals surface area contributed by atoms with Crippen molar-refractivity contribution in [3.63, 3.8) is 0 Å². The van der Waals surface area contributed by atoms with Gasteiger partial charge < -0.3 is 5.32 Å². The molecular formula is C14H11Cl2NO. The Morgan fingerprint density at radius 3 is 2.28 bits per heavy atom. The van der Waals surface area contributed by atoms with E-state index in [1.165, 1.54) is 0 Å². The monoisotopic (exact) mass is 279 g/mol. The quantitative estimate of drug-likeness (QED) is 0.858. The Morgan fingerprint density at radius 2 is 1.67 bits per heavy atom. The minimum atomic E-state index is -0.173. The highest BCUT2D eigenvalue weighted by atomic mass is 35.5. The molecule has 2 rings (SSSR count). The molecule has 92 valence electrons. The zero-order valence-electron chi connectivity index (χ0n) is 9.71. The molecule has 1 N–H and O–H groups in total. The van der Waals surface area contributed by atoms with Gasteiger partial charge in [0.15, 0.2) is 0 Å². The van der Waals surface area contributed by atoms with Gasteiger partial charge in [-0.2, -0.15) is 0 Å². The molecule has 2 aromatic rings. The maximum Gasteiger partial charge on any atom is 0.255 e. The fraction of sp³-hybridized carbons (Fsp3) is 0.0714. The van der Waals surface area contributed by atoms with Crippen molar-refractivity contribution in [2.75, 3.05) is 5.32 Å². The van der Waals surface area contributed by atoms with Crippen LogP contribution in [-0.4, -0.2) is 5.91 Å². The molecule has 0 saturated heterocycles. The van der Waals surface area contributed by atoms with E-state index >= 15 is 0 Å². The first-order chi connectivity index (χ1) is 8.56. The van der Waals surface area contributed by atoms with Crippen LogP contribution in [0.5, 0.6) is 0 Å². The molecule has 0 bridgehead atoms. The van der Waals surface area contributed by atoms with E-state index in [1.54, 1.807) is 30.3 Å². The minimum Gasteiger partial charge on any atom is -0.322 e. The van der Waals surface area contributed by atoms with Gasteiger partial charge in [0.1, 0.15) is 0 Å². The van der Waals surface area contributed by atoms with Gasteiger partial charge in [0.2, 0.25) is 0 Å². The van der Waals surface area contributed by atoms with E-state index in [0.29, 0.717) is 21.3 Å². The molecule has 0 radical (unpaired) electrons. The van der Waals surface area contributed by atoms with Crippen LogP contribution in [0, 0.1) is 6.92 Å². The number of anilines is 1. The van der Waals surface area contributed by atoms with E-state index in [-0.39, 0.29) is 5.91 Å². The number of carbonyl (C=O) groups is 1. The summed E-state index contributed by atoms with van der Waals surface area (Å²) in [5, 5.41) is 3.64. The summed E-state index contributed by atoms with van der Waals surface area (Å²) in [5.41, 5.74) is 2.34. The smallest absolute Gasteiger partial charge is 0.255 e. The summed E-state index contributed by atoms with van der Waals surface area (Å²) in [5.74, 6) is -0.173. The van der Waals surface area contributed by atoms with Gasteiger partial charge in [0.05, 0.1) is 10.0 Å². The third-order valence-corrected chi connectivity index (χ3v) is 3.23. The lowest BCUT2D eigenvalue weighted by molar-refractivity contribution is 0.102. The Balaban J connectivity index is 2.16. The maximum absolute atomic E-state index is 11.9. The fourth-order valence-electron chi connectivity index (χ4n) is 1.48. The second-order valence-electron chi connectivity index (χ2n) is 3.95. The highest BCUT2D eigenvalue weighted by Gasteiger charge is 2.06. The number of amides is 1. The van der Waals surface area contributed by atoms with Crippen LogP contribution < -0.4 is 5.32 Å². The van der Waals surface area contributed by atoms with Crippen molar-refractivity contribution >= 4 is 34.8 Å². The topological polar surface area (TPSA) is 29.1 Å². The van der Waals surface area contributed by atoms with E-state index in [1.807, 2.05) is 19.1 Å². The Morgan fingerprint density at radius 1 is 1.00 bits per heavy atom. The molecule has 0 fully saturated rings. The van der Waals surface area contributed by atoms with Crippen molar-refractivity contribution < 1.29 is 4.79 Å². The van der Waals surface area contributed by atoms with Crippen molar-refractivity contribution in [2.45, 2.75) is 6.92 Å². The van der Waals surface area contributed by atoms with Gasteiger partial charge in [-0.1, -0.05) is 40.9 Å². The summed E-state index contributed by atoms with van der Waals surface area (Å²) in [4.78, 5) is 11.9. The lowest BCUT2D eigenvalue weighted by atomic mass is 10.1. The number of hydrogen-bond donors (Lipinski definition) is 1. The average molecular weight is 280 g/mol. The first-order valence-corrected chi connectivity index (χ1v) is 6.15. The standard InChI is InChI=1S/C14H11Cl2NO/c1-9-2-4-10(5-3-9)14(18)17-11-6-7-12(15)13(16)8-11/h2-8H,1H3,(H,17,18). The van der Waals surface area contributed by atoms with E-state index in [0.717, 1.165) is 5.56 Å². The third-order valence-electron chi connectivity index (χ3n) is 2.49. The van der Waals surface area contributed by atoms with Crippen molar-refractivity contribution in [3.05, 3.63) is 63.6 Å². The number of rotatable bonds is 2. The first kappa shape index (κ1) is 12.9. The van der Waals surface area contributed by atoms with E-state index < -0.39 is 0 Å². The lowest BCUT2D eigenvalue weighted by Crippen LogP contribution is -2.11.